The number of nitrogens with zero attached hydrogens (tertiary/aromatic N) is 2. The second-order valence-corrected chi connectivity index (χ2v) is 6.01. The van der Waals surface area contributed by atoms with Gasteiger partial charge in [-0.25, -0.2) is 0 Å². The maximum atomic E-state index is 10.8. The summed E-state index contributed by atoms with van der Waals surface area (Å²) < 4.78 is 11.5. The third-order valence-corrected chi connectivity index (χ3v) is 4.31. The van der Waals surface area contributed by atoms with Crippen LogP contribution in [0.25, 0.3) is 0 Å². The average Bonchev–Trinajstić information content (AvgIpc) is 2.67. The fourth-order valence-corrected chi connectivity index (χ4v) is 2.90. The van der Waals surface area contributed by atoms with Crippen LogP contribution in [0.3, 0.4) is 0 Å². The number of hydrogen-bond donors (Lipinski definition) is 0. The lowest BCUT2D eigenvalue weighted by molar-refractivity contribution is -0.384. The molecule has 1 heterocycles. The number of benzene rings is 2. The quantitative estimate of drug-likeness (QED) is 0.570. The van der Waals surface area contributed by atoms with Crippen molar-refractivity contribution in [1.82, 2.24) is 4.90 Å². The molecule has 0 amide bonds. The third-order valence-electron chi connectivity index (χ3n) is 4.31. The predicted octanol–water partition coefficient (Wildman–Crippen LogP) is 3.44. The van der Waals surface area contributed by atoms with Gasteiger partial charge in [-0.1, -0.05) is 30.3 Å². The molecular weight excluding hydrogens is 320 g/mol. The molecule has 2 aromatic carbocycles. The average molecular weight is 342 g/mol. The Morgan fingerprint density at radius 3 is 2.40 bits per heavy atom. The first-order chi connectivity index (χ1) is 12.2. The van der Waals surface area contributed by atoms with E-state index in [1.807, 2.05) is 18.2 Å². The highest BCUT2D eigenvalue weighted by Gasteiger charge is 2.17. The number of nitro benzene ring substituents is 1. The van der Waals surface area contributed by atoms with E-state index in [0.29, 0.717) is 5.75 Å². The van der Waals surface area contributed by atoms with Gasteiger partial charge >= 0.3 is 0 Å². The summed E-state index contributed by atoms with van der Waals surface area (Å²) in [4.78, 5) is 12.8. The lowest BCUT2D eigenvalue weighted by Crippen LogP contribution is -2.37. The van der Waals surface area contributed by atoms with Crippen molar-refractivity contribution in [3.63, 3.8) is 0 Å². The maximum absolute atomic E-state index is 10.8. The first-order valence-corrected chi connectivity index (χ1v) is 8.48. The van der Waals surface area contributed by atoms with Gasteiger partial charge in [0.1, 0.15) is 11.9 Å². The molecule has 1 aliphatic rings. The molecule has 2 aromatic rings. The molecule has 0 radical (unpaired) electrons. The van der Waals surface area contributed by atoms with Crippen LogP contribution in [0.4, 0.5) is 5.69 Å². The Labute approximate surface area is 147 Å². The molecule has 6 nitrogen and oxygen atoms in total. The zero-order valence-electron chi connectivity index (χ0n) is 14.0. The first kappa shape index (κ1) is 17.4. The monoisotopic (exact) mass is 342 g/mol. The van der Waals surface area contributed by atoms with Crippen molar-refractivity contribution in [2.75, 3.05) is 32.8 Å². The van der Waals surface area contributed by atoms with Crippen molar-refractivity contribution in [1.29, 1.82) is 0 Å². The van der Waals surface area contributed by atoms with E-state index in [1.54, 1.807) is 12.1 Å². The van der Waals surface area contributed by atoms with E-state index < -0.39 is 4.92 Å². The van der Waals surface area contributed by atoms with Crippen LogP contribution in [-0.2, 0) is 4.74 Å². The van der Waals surface area contributed by atoms with Gasteiger partial charge in [0, 0.05) is 38.2 Å². The highest BCUT2D eigenvalue weighted by Crippen LogP contribution is 2.26. The van der Waals surface area contributed by atoms with E-state index in [-0.39, 0.29) is 11.8 Å². The lowest BCUT2D eigenvalue weighted by atomic mass is 10.1. The molecule has 0 N–H and O–H groups in total. The Kier molecular flexibility index (Phi) is 5.98. The molecular formula is C19H22N2O4. The minimum absolute atomic E-state index is 0.0666. The summed E-state index contributed by atoms with van der Waals surface area (Å²) in [5.41, 5.74) is 1.17. The molecule has 0 bridgehead atoms. The topological polar surface area (TPSA) is 64.8 Å². The molecule has 1 aliphatic heterocycles. The van der Waals surface area contributed by atoms with Gasteiger partial charge in [-0.3, -0.25) is 15.0 Å². The maximum Gasteiger partial charge on any atom is 0.269 e. The minimum Gasteiger partial charge on any atom is -0.486 e. The summed E-state index contributed by atoms with van der Waals surface area (Å²) in [6, 6.07) is 16.3. The summed E-state index contributed by atoms with van der Waals surface area (Å²) in [5, 5.41) is 10.8. The van der Waals surface area contributed by atoms with E-state index in [9.17, 15) is 10.1 Å². The summed E-state index contributed by atoms with van der Waals surface area (Å²) in [6.45, 7) is 4.37. The van der Waals surface area contributed by atoms with Crippen LogP contribution in [0.15, 0.2) is 54.6 Å². The van der Waals surface area contributed by atoms with Crippen LogP contribution in [-0.4, -0.2) is 42.7 Å². The summed E-state index contributed by atoms with van der Waals surface area (Å²) >= 11 is 0. The van der Waals surface area contributed by atoms with Crippen molar-refractivity contribution < 1.29 is 14.4 Å². The van der Waals surface area contributed by atoms with E-state index >= 15 is 0 Å². The van der Waals surface area contributed by atoms with Gasteiger partial charge in [0.05, 0.1) is 18.1 Å². The molecule has 1 unspecified atom stereocenters. The Bertz CT molecular complexity index is 670. The SMILES string of the molecule is O=[N+]([O-])c1ccc(OC(CCN2CCOCC2)c2ccccc2)cc1. The number of hydrogen-bond acceptors (Lipinski definition) is 5. The number of rotatable bonds is 7. The summed E-state index contributed by atoms with van der Waals surface area (Å²) in [5.74, 6) is 0.640. The predicted molar refractivity (Wildman–Crippen MR) is 94.8 cm³/mol. The minimum atomic E-state index is -0.406. The van der Waals surface area contributed by atoms with Gasteiger partial charge in [0.15, 0.2) is 0 Å². The molecule has 1 saturated heterocycles. The van der Waals surface area contributed by atoms with Crippen LogP contribution < -0.4 is 4.74 Å². The van der Waals surface area contributed by atoms with Gasteiger partial charge < -0.3 is 9.47 Å². The molecule has 25 heavy (non-hydrogen) atoms. The van der Waals surface area contributed by atoms with Crippen LogP contribution in [0.2, 0.25) is 0 Å². The van der Waals surface area contributed by atoms with E-state index in [4.69, 9.17) is 9.47 Å². The zero-order chi connectivity index (χ0) is 17.5. The number of morpholine rings is 1. The van der Waals surface area contributed by atoms with Crippen molar-refractivity contribution in [2.24, 2.45) is 0 Å². The van der Waals surface area contributed by atoms with Gasteiger partial charge in [-0.2, -0.15) is 0 Å². The molecule has 1 fully saturated rings. The molecule has 1 atom stereocenters. The number of nitro groups is 1. The Hall–Kier alpha value is -2.44. The first-order valence-electron chi connectivity index (χ1n) is 8.48. The lowest BCUT2D eigenvalue weighted by Gasteiger charge is -2.28. The fraction of sp³-hybridized carbons (Fsp3) is 0.368. The second-order valence-electron chi connectivity index (χ2n) is 6.01. The van der Waals surface area contributed by atoms with E-state index in [0.717, 1.165) is 44.8 Å². The van der Waals surface area contributed by atoms with E-state index in [1.165, 1.54) is 12.1 Å². The number of non-ortho nitro benzene ring substituents is 1. The molecule has 0 saturated carbocycles. The van der Waals surface area contributed by atoms with E-state index in [2.05, 4.69) is 17.0 Å². The second kappa shape index (κ2) is 8.60. The molecule has 0 spiro atoms. The van der Waals surface area contributed by atoms with Crippen molar-refractivity contribution in [3.8, 4) is 5.75 Å². The van der Waals surface area contributed by atoms with Crippen LogP contribution in [0.5, 0.6) is 5.75 Å². The third kappa shape index (κ3) is 5.01. The number of ether oxygens (including phenoxy) is 2. The molecule has 6 heteroatoms. The van der Waals surface area contributed by atoms with Crippen LogP contribution in [0.1, 0.15) is 18.1 Å². The van der Waals surface area contributed by atoms with Crippen LogP contribution >= 0.6 is 0 Å². The molecule has 132 valence electrons. The zero-order valence-corrected chi connectivity index (χ0v) is 14.0. The van der Waals surface area contributed by atoms with Crippen molar-refractivity contribution in [3.05, 3.63) is 70.3 Å². The fourth-order valence-electron chi connectivity index (χ4n) is 2.90. The largest absolute Gasteiger partial charge is 0.486 e. The van der Waals surface area contributed by atoms with Gasteiger partial charge in [0.25, 0.3) is 5.69 Å². The summed E-state index contributed by atoms with van der Waals surface area (Å²) in [6.07, 6.45) is 0.756. The molecule has 0 aromatic heterocycles. The molecule has 3 rings (SSSR count). The standard InChI is InChI=1S/C19H22N2O4/c22-21(23)17-6-8-18(9-7-17)25-19(16-4-2-1-3-5-16)10-11-20-12-14-24-15-13-20/h1-9,19H,10-15H2. The smallest absolute Gasteiger partial charge is 0.269 e. The van der Waals surface area contributed by atoms with Gasteiger partial charge in [-0.15, -0.1) is 0 Å². The van der Waals surface area contributed by atoms with Crippen molar-refractivity contribution in [2.45, 2.75) is 12.5 Å². The Balaban J connectivity index is 1.68. The van der Waals surface area contributed by atoms with Gasteiger partial charge in [-0.05, 0) is 17.7 Å². The Morgan fingerprint density at radius 1 is 1.08 bits per heavy atom. The van der Waals surface area contributed by atoms with Gasteiger partial charge in [0.2, 0.25) is 0 Å². The summed E-state index contributed by atoms with van der Waals surface area (Å²) in [7, 11) is 0. The normalized spacial score (nSPS) is 16.3. The highest BCUT2D eigenvalue weighted by atomic mass is 16.6. The molecule has 0 aliphatic carbocycles. The highest BCUT2D eigenvalue weighted by molar-refractivity contribution is 5.36. The Morgan fingerprint density at radius 2 is 1.76 bits per heavy atom. The van der Waals surface area contributed by atoms with Crippen molar-refractivity contribution >= 4 is 5.69 Å². The van der Waals surface area contributed by atoms with Crippen LogP contribution in [0, 0.1) is 10.1 Å².